The second-order valence-corrected chi connectivity index (χ2v) is 9.02. The molecule has 1 saturated heterocycles. The molecule has 0 saturated carbocycles. The van der Waals surface area contributed by atoms with Crippen molar-refractivity contribution in [3.63, 3.8) is 0 Å². The van der Waals surface area contributed by atoms with E-state index in [0.717, 1.165) is 5.56 Å². The highest BCUT2D eigenvalue weighted by molar-refractivity contribution is 6.30. The van der Waals surface area contributed by atoms with Crippen LogP contribution in [-0.4, -0.2) is 49.4 Å². The van der Waals surface area contributed by atoms with Gasteiger partial charge in [0.15, 0.2) is 11.5 Å². The maximum absolute atomic E-state index is 13.2. The van der Waals surface area contributed by atoms with Gasteiger partial charge in [-0.05, 0) is 80.4 Å². The number of benzene rings is 2. The first kappa shape index (κ1) is 26.0. The predicted molar refractivity (Wildman–Crippen MR) is 140 cm³/mol. The topological polar surface area (TPSA) is 112 Å². The molecular formula is C28H27ClN4O4. The average molecular weight is 519 g/mol. The van der Waals surface area contributed by atoms with E-state index in [1.807, 2.05) is 30.3 Å². The van der Waals surface area contributed by atoms with Crippen molar-refractivity contribution >= 4 is 29.3 Å². The second kappa shape index (κ2) is 12.3. The summed E-state index contributed by atoms with van der Waals surface area (Å²) in [5.41, 5.74) is 0.217. The van der Waals surface area contributed by atoms with Crippen molar-refractivity contribution in [1.82, 2.24) is 21.3 Å². The number of carbonyl (C=O) groups is 3. The zero-order chi connectivity index (χ0) is 26.1. The zero-order valence-electron chi connectivity index (χ0n) is 20.1. The first-order valence-electron chi connectivity index (χ1n) is 12.0. The molecule has 0 unspecified atom stereocenters. The van der Waals surface area contributed by atoms with Crippen molar-refractivity contribution in [1.29, 1.82) is 0 Å². The van der Waals surface area contributed by atoms with E-state index in [1.54, 1.807) is 36.4 Å². The third-order valence-electron chi connectivity index (χ3n) is 5.98. The summed E-state index contributed by atoms with van der Waals surface area (Å²) in [6.07, 6.45) is 0.839. The van der Waals surface area contributed by atoms with E-state index in [1.165, 1.54) is 0 Å². The van der Waals surface area contributed by atoms with Gasteiger partial charge in [-0.15, -0.1) is 0 Å². The molecular weight excluding hydrogens is 492 g/mol. The number of halogens is 1. The number of hydrogen-bond donors (Lipinski definition) is 4. The molecule has 1 fully saturated rings. The average Bonchev–Trinajstić information content (AvgIpc) is 3.40. The highest BCUT2D eigenvalue weighted by Gasteiger charge is 2.41. The summed E-state index contributed by atoms with van der Waals surface area (Å²) >= 11 is 5.85. The molecule has 9 heteroatoms. The van der Waals surface area contributed by atoms with E-state index in [-0.39, 0.29) is 30.7 Å². The summed E-state index contributed by atoms with van der Waals surface area (Å²) in [4.78, 5) is 38.4. The van der Waals surface area contributed by atoms with E-state index in [4.69, 9.17) is 16.0 Å². The molecule has 0 atom stereocenters. The van der Waals surface area contributed by atoms with E-state index >= 15 is 0 Å². The molecule has 3 aromatic rings. The molecule has 3 amide bonds. The molecule has 4 rings (SSSR count). The SMILES string of the molecule is O=C(NCCNC(=O)C1(NC(=O)c2ccc(C#Cc3ccccc3)o2)CCNCC1)c1ccc(Cl)cc1. The maximum Gasteiger partial charge on any atom is 0.287 e. The smallest absolute Gasteiger partial charge is 0.287 e. The summed E-state index contributed by atoms with van der Waals surface area (Å²) in [6.45, 7) is 1.60. The Morgan fingerprint density at radius 1 is 0.865 bits per heavy atom. The van der Waals surface area contributed by atoms with Crippen molar-refractivity contribution in [2.75, 3.05) is 26.2 Å². The number of carbonyl (C=O) groups excluding carboxylic acids is 3. The van der Waals surface area contributed by atoms with Gasteiger partial charge in [0, 0.05) is 29.2 Å². The highest BCUT2D eigenvalue weighted by Crippen LogP contribution is 2.20. The van der Waals surface area contributed by atoms with Gasteiger partial charge >= 0.3 is 0 Å². The Morgan fingerprint density at radius 2 is 1.57 bits per heavy atom. The minimum absolute atomic E-state index is 0.0818. The number of piperidine rings is 1. The molecule has 0 radical (unpaired) electrons. The van der Waals surface area contributed by atoms with E-state index < -0.39 is 11.4 Å². The van der Waals surface area contributed by atoms with Crippen molar-refractivity contribution in [2.24, 2.45) is 0 Å². The highest BCUT2D eigenvalue weighted by atomic mass is 35.5. The van der Waals surface area contributed by atoms with Crippen LogP contribution in [0.4, 0.5) is 0 Å². The molecule has 2 aromatic carbocycles. The van der Waals surface area contributed by atoms with E-state index in [9.17, 15) is 14.4 Å². The number of nitrogens with one attached hydrogen (secondary N) is 4. The second-order valence-electron chi connectivity index (χ2n) is 8.58. The molecule has 0 bridgehead atoms. The number of amides is 3. The maximum atomic E-state index is 13.2. The van der Waals surface area contributed by atoms with Crippen LogP contribution in [0.25, 0.3) is 0 Å². The van der Waals surface area contributed by atoms with Gasteiger partial charge in [0.25, 0.3) is 11.8 Å². The van der Waals surface area contributed by atoms with Crippen LogP contribution in [-0.2, 0) is 4.79 Å². The van der Waals surface area contributed by atoms with E-state index in [0.29, 0.717) is 42.3 Å². The monoisotopic (exact) mass is 518 g/mol. The zero-order valence-corrected chi connectivity index (χ0v) is 20.9. The summed E-state index contributed by atoms with van der Waals surface area (Å²) in [5.74, 6) is 5.27. The molecule has 190 valence electrons. The van der Waals surface area contributed by atoms with Crippen LogP contribution < -0.4 is 21.3 Å². The van der Waals surface area contributed by atoms with Crippen LogP contribution in [0.5, 0.6) is 0 Å². The minimum atomic E-state index is -1.09. The Morgan fingerprint density at radius 3 is 2.30 bits per heavy atom. The fourth-order valence-electron chi connectivity index (χ4n) is 3.95. The fraction of sp³-hybridized carbons (Fsp3) is 0.250. The van der Waals surface area contributed by atoms with Crippen molar-refractivity contribution in [3.8, 4) is 11.8 Å². The Balaban J connectivity index is 1.33. The van der Waals surface area contributed by atoms with Crippen molar-refractivity contribution in [2.45, 2.75) is 18.4 Å². The predicted octanol–water partition coefficient (Wildman–Crippen LogP) is 2.73. The standard InChI is InChI=1S/C28H27ClN4O4/c29-22-9-7-21(8-10-22)25(34)31-18-19-32-27(36)28(14-16-30-17-15-28)33-26(35)24-13-12-23(37-24)11-6-20-4-2-1-3-5-20/h1-5,7-10,12-13,30H,14-19H2,(H,31,34)(H,32,36)(H,33,35). The first-order chi connectivity index (χ1) is 17.9. The molecule has 2 heterocycles. The lowest BCUT2D eigenvalue weighted by molar-refractivity contribution is -0.128. The van der Waals surface area contributed by atoms with Crippen LogP contribution in [0.3, 0.4) is 0 Å². The Kier molecular flexibility index (Phi) is 8.62. The third-order valence-corrected chi connectivity index (χ3v) is 6.23. The molecule has 37 heavy (non-hydrogen) atoms. The lowest BCUT2D eigenvalue weighted by Crippen LogP contribution is -2.63. The lowest BCUT2D eigenvalue weighted by atomic mass is 9.87. The first-order valence-corrected chi connectivity index (χ1v) is 12.4. The Hall–Kier alpha value is -4.06. The molecule has 0 aliphatic carbocycles. The number of furan rings is 1. The van der Waals surface area contributed by atoms with Gasteiger partial charge < -0.3 is 25.7 Å². The van der Waals surface area contributed by atoms with Gasteiger partial charge in [0.05, 0.1) is 0 Å². The largest absolute Gasteiger partial charge is 0.443 e. The Bertz CT molecular complexity index is 1300. The minimum Gasteiger partial charge on any atom is -0.443 e. The molecule has 1 aromatic heterocycles. The number of rotatable bonds is 7. The third kappa shape index (κ3) is 7.00. The van der Waals surface area contributed by atoms with Crippen LogP contribution in [0.2, 0.25) is 5.02 Å². The van der Waals surface area contributed by atoms with Gasteiger partial charge in [-0.25, -0.2) is 0 Å². The van der Waals surface area contributed by atoms with Crippen LogP contribution >= 0.6 is 11.6 Å². The summed E-state index contributed by atoms with van der Waals surface area (Å²) in [6, 6.07) is 19.2. The normalized spacial score (nSPS) is 14.1. The summed E-state index contributed by atoms with van der Waals surface area (Å²) < 4.78 is 5.62. The molecule has 4 N–H and O–H groups in total. The summed E-state index contributed by atoms with van der Waals surface area (Å²) in [7, 11) is 0. The fourth-order valence-corrected chi connectivity index (χ4v) is 4.07. The van der Waals surface area contributed by atoms with Crippen molar-refractivity contribution in [3.05, 3.63) is 94.4 Å². The Labute approximate surface area is 220 Å². The van der Waals surface area contributed by atoms with Crippen molar-refractivity contribution < 1.29 is 18.8 Å². The van der Waals surface area contributed by atoms with E-state index in [2.05, 4.69) is 33.1 Å². The summed E-state index contributed by atoms with van der Waals surface area (Å²) in [5, 5.41) is 12.2. The van der Waals surface area contributed by atoms with Gasteiger partial charge in [0.2, 0.25) is 5.91 Å². The quantitative estimate of drug-likeness (QED) is 0.284. The van der Waals surface area contributed by atoms with Gasteiger partial charge in [0.1, 0.15) is 5.54 Å². The molecule has 1 aliphatic heterocycles. The van der Waals surface area contributed by atoms with Crippen LogP contribution in [0, 0.1) is 11.8 Å². The molecule has 0 spiro atoms. The van der Waals surface area contributed by atoms with Gasteiger partial charge in [-0.3, -0.25) is 14.4 Å². The van der Waals surface area contributed by atoms with Gasteiger partial charge in [-0.1, -0.05) is 35.7 Å². The van der Waals surface area contributed by atoms with Gasteiger partial charge in [-0.2, -0.15) is 0 Å². The van der Waals surface area contributed by atoms with Crippen LogP contribution in [0.1, 0.15) is 45.1 Å². The van der Waals surface area contributed by atoms with Crippen LogP contribution in [0.15, 0.2) is 71.1 Å². The lowest BCUT2D eigenvalue weighted by Gasteiger charge is -2.36. The molecule has 8 nitrogen and oxygen atoms in total. The molecule has 1 aliphatic rings. The number of hydrogen-bond acceptors (Lipinski definition) is 5.